The molecular weight excluding hydrogens is 266 g/mol. The number of benzene rings is 2. The number of carbonyl (C=O) groups is 3. The Hall–Kier alpha value is -3.01. The van der Waals surface area contributed by atoms with Gasteiger partial charge in [0.05, 0.1) is 5.57 Å². The zero-order valence-corrected chi connectivity index (χ0v) is 11.0. The maximum absolute atomic E-state index is 12.2. The molecule has 1 amide bonds. The Balaban J connectivity index is 1.95. The van der Waals surface area contributed by atoms with E-state index in [1.54, 1.807) is 48.5 Å². The second-order valence-corrected chi connectivity index (χ2v) is 4.62. The molecule has 0 saturated heterocycles. The predicted molar refractivity (Wildman–Crippen MR) is 78.8 cm³/mol. The number of hydrogen-bond acceptors (Lipinski definition) is 3. The van der Waals surface area contributed by atoms with Gasteiger partial charge in [0.25, 0.3) is 5.91 Å². The second-order valence-electron chi connectivity index (χ2n) is 4.62. The van der Waals surface area contributed by atoms with Gasteiger partial charge in [0.2, 0.25) is 11.6 Å². The summed E-state index contributed by atoms with van der Waals surface area (Å²) in [6.45, 7) is 0. The summed E-state index contributed by atoms with van der Waals surface area (Å²) in [5, 5.41) is 2.61. The van der Waals surface area contributed by atoms with Gasteiger partial charge in [-0.1, -0.05) is 42.5 Å². The zero-order valence-electron chi connectivity index (χ0n) is 11.0. The number of para-hydroxylation sites is 1. The fraction of sp³-hybridized carbons (Fsp3) is 0. The van der Waals surface area contributed by atoms with Crippen LogP contribution in [0.25, 0.3) is 6.08 Å². The molecule has 0 aromatic heterocycles. The van der Waals surface area contributed by atoms with Crippen molar-refractivity contribution in [3.8, 4) is 0 Å². The van der Waals surface area contributed by atoms with Crippen LogP contribution in [0, 0.1) is 0 Å². The predicted octanol–water partition coefficient (Wildman–Crippen LogP) is 2.47. The highest BCUT2D eigenvalue weighted by Crippen LogP contribution is 2.22. The Morgan fingerprint density at radius 2 is 1.48 bits per heavy atom. The molecule has 0 aliphatic heterocycles. The summed E-state index contributed by atoms with van der Waals surface area (Å²) >= 11 is 0. The van der Waals surface area contributed by atoms with Gasteiger partial charge in [-0.15, -0.1) is 0 Å². The molecule has 2 aromatic rings. The normalized spacial score (nSPS) is 13.4. The number of amides is 1. The lowest BCUT2D eigenvalue weighted by molar-refractivity contribution is -0.117. The monoisotopic (exact) mass is 277 g/mol. The van der Waals surface area contributed by atoms with Gasteiger partial charge in [0, 0.05) is 11.3 Å². The first kappa shape index (κ1) is 13.0. The van der Waals surface area contributed by atoms with E-state index in [0.717, 1.165) is 0 Å². The van der Waals surface area contributed by atoms with Crippen molar-refractivity contribution >= 4 is 29.2 Å². The van der Waals surface area contributed by atoms with E-state index in [0.29, 0.717) is 16.8 Å². The number of rotatable bonds is 2. The molecule has 4 heteroatoms. The van der Waals surface area contributed by atoms with Crippen molar-refractivity contribution in [3.05, 3.63) is 71.3 Å². The molecule has 0 unspecified atom stereocenters. The lowest BCUT2D eigenvalue weighted by Crippen LogP contribution is -2.29. The SMILES string of the molecule is O=C(Nc1ccccc1)C1=Cc2ccccc2C(=O)C1=O. The molecule has 1 aliphatic carbocycles. The lowest BCUT2D eigenvalue weighted by Gasteiger charge is -2.14. The zero-order chi connectivity index (χ0) is 14.8. The summed E-state index contributed by atoms with van der Waals surface area (Å²) in [6.07, 6.45) is 1.46. The molecule has 1 N–H and O–H groups in total. The third-order valence-corrected chi connectivity index (χ3v) is 3.23. The Bertz CT molecular complexity index is 776. The van der Waals surface area contributed by atoms with Gasteiger partial charge in [0.1, 0.15) is 0 Å². The smallest absolute Gasteiger partial charge is 0.259 e. The first-order valence-electron chi connectivity index (χ1n) is 6.43. The van der Waals surface area contributed by atoms with E-state index in [2.05, 4.69) is 5.32 Å². The minimum Gasteiger partial charge on any atom is -0.322 e. The molecule has 1 aliphatic rings. The molecule has 0 bridgehead atoms. The molecule has 2 aromatic carbocycles. The fourth-order valence-corrected chi connectivity index (χ4v) is 2.18. The Labute approximate surface area is 121 Å². The van der Waals surface area contributed by atoms with Gasteiger partial charge < -0.3 is 5.32 Å². The summed E-state index contributed by atoms with van der Waals surface area (Å²) in [5.74, 6) is -2.00. The topological polar surface area (TPSA) is 63.2 Å². The Morgan fingerprint density at radius 3 is 2.24 bits per heavy atom. The molecule has 0 heterocycles. The molecule has 21 heavy (non-hydrogen) atoms. The number of nitrogens with one attached hydrogen (secondary N) is 1. The highest BCUT2D eigenvalue weighted by atomic mass is 16.2. The van der Waals surface area contributed by atoms with Crippen LogP contribution >= 0.6 is 0 Å². The van der Waals surface area contributed by atoms with Gasteiger partial charge in [0.15, 0.2) is 0 Å². The summed E-state index contributed by atoms with van der Waals surface area (Å²) in [6, 6.07) is 15.5. The molecule has 0 saturated carbocycles. The Morgan fingerprint density at radius 1 is 0.810 bits per heavy atom. The minimum absolute atomic E-state index is 0.137. The van der Waals surface area contributed by atoms with Crippen LogP contribution in [-0.4, -0.2) is 17.5 Å². The Kier molecular flexibility index (Phi) is 3.20. The van der Waals surface area contributed by atoms with E-state index in [-0.39, 0.29) is 5.57 Å². The third kappa shape index (κ3) is 2.39. The van der Waals surface area contributed by atoms with Gasteiger partial charge in [-0.25, -0.2) is 0 Å². The number of fused-ring (bicyclic) bond motifs is 1. The van der Waals surface area contributed by atoms with Crippen LogP contribution in [0.1, 0.15) is 15.9 Å². The molecule has 0 fully saturated rings. The van der Waals surface area contributed by atoms with Gasteiger partial charge in [-0.3, -0.25) is 14.4 Å². The van der Waals surface area contributed by atoms with Gasteiger partial charge >= 0.3 is 0 Å². The average molecular weight is 277 g/mol. The molecular formula is C17H11NO3. The standard InChI is InChI=1S/C17H11NO3/c19-15-13-9-5-4-6-11(13)10-14(16(15)20)17(21)18-12-7-2-1-3-8-12/h1-10H,(H,18,21). The van der Waals surface area contributed by atoms with Crippen LogP contribution < -0.4 is 5.32 Å². The minimum atomic E-state index is -0.776. The van der Waals surface area contributed by atoms with E-state index in [4.69, 9.17) is 0 Å². The van der Waals surface area contributed by atoms with E-state index in [9.17, 15) is 14.4 Å². The van der Waals surface area contributed by atoms with Crippen molar-refractivity contribution < 1.29 is 14.4 Å². The van der Waals surface area contributed by atoms with Crippen LogP contribution in [0.5, 0.6) is 0 Å². The maximum atomic E-state index is 12.2. The maximum Gasteiger partial charge on any atom is 0.259 e. The summed E-state index contributed by atoms with van der Waals surface area (Å²) in [4.78, 5) is 36.2. The van der Waals surface area contributed by atoms with E-state index in [1.807, 2.05) is 6.07 Å². The highest BCUT2D eigenvalue weighted by Gasteiger charge is 2.31. The number of anilines is 1. The van der Waals surface area contributed by atoms with E-state index in [1.165, 1.54) is 6.08 Å². The number of carbonyl (C=O) groups excluding carboxylic acids is 3. The van der Waals surface area contributed by atoms with Crippen LogP contribution in [0.3, 0.4) is 0 Å². The van der Waals surface area contributed by atoms with Crippen molar-refractivity contribution in [1.82, 2.24) is 0 Å². The van der Waals surface area contributed by atoms with Crippen LogP contribution in [0.2, 0.25) is 0 Å². The average Bonchev–Trinajstić information content (AvgIpc) is 2.52. The molecule has 0 radical (unpaired) electrons. The van der Waals surface area contributed by atoms with E-state index < -0.39 is 17.5 Å². The third-order valence-electron chi connectivity index (χ3n) is 3.23. The van der Waals surface area contributed by atoms with Crippen molar-refractivity contribution in [2.75, 3.05) is 5.32 Å². The largest absolute Gasteiger partial charge is 0.322 e. The summed E-state index contributed by atoms with van der Waals surface area (Å²) in [5.41, 5.74) is 1.35. The number of hydrogen-bond donors (Lipinski definition) is 1. The molecule has 3 rings (SSSR count). The molecule has 4 nitrogen and oxygen atoms in total. The van der Waals surface area contributed by atoms with Crippen LogP contribution in [0.15, 0.2) is 60.2 Å². The molecule has 102 valence electrons. The van der Waals surface area contributed by atoms with Crippen molar-refractivity contribution in [2.24, 2.45) is 0 Å². The van der Waals surface area contributed by atoms with Crippen molar-refractivity contribution in [2.45, 2.75) is 0 Å². The highest BCUT2D eigenvalue weighted by molar-refractivity contribution is 6.57. The summed E-state index contributed by atoms with van der Waals surface area (Å²) < 4.78 is 0. The lowest BCUT2D eigenvalue weighted by atomic mass is 9.89. The van der Waals surface area contributed by atoms with Gasteiger partial charge in [-0.05, 0) is 23.8 Å². The van der Waals surface area contributed by atoms with Crippen molar-refractivity contribution in [3.63, 3.8) is 0 Å². The van der Waals surface area contributed by atoms with Crippen LogP contribution in [0.4, 0.5) is 5.69 Å². The first-order valence-corrected chi connectivity index (χ1v) is 6.43. The fourth-order valence-electron chi connectivity index (χ4n) is 2.18. The molecule has 0 spiro atoms. The first-order chi connectivity index (χ1) is 10.2. The van der Waals surface area contributed by atoms with Gasteiger partial charge in [-0.2, -0.15) is 0 Å². The van der Waals surface area contributed by atoms with E-state index >= 15 is 0 Å². The van der Waals surface area contributed by atoms with Crippen LogP contribution in [-0.2, 0) is 9.59 Å². The second kappa shape index (κ2) is 5.17. The summed E-state index contributed by atoms with van der Waals surface area (Å²) in [7, 11) is 0. The number of Topliss-reactive ketones (excluding diaryl/α,β-unsaturated/α-hetero) is 2. The number of ketones is 2. The van der Waals surface area contributed by atoms with Crippen molar-refractivity contribution in [1.29, 1.82) is 0 Å². The molecule has 0 atom stereocenters. The quantitative estimate of drug-likeness (QED) is 0.677.